The van der Waals surface area contributed by atoms with Crippen LogP contribution in [0, 0.1) is 5.92 Å². The molecular weight excluding hydrogens is 286 g/mol. The topological polar surface area (TPSA) is 77.0 Å². The summed E-state index contributed by atoms with van der Waals surface area (Å²) in [6, 6.07) is 5.64. The van der Waals surface area contributed by atoms with Crippen molar-refractivity contribution in [3.8, 4) is 11.5 Å². The van der Waals surface area contributed by atoms with Crippen molar-refractivity contribution in [2.45, 2.75) is 13.3 Å². The molecule has 0 saturated heterocycles. The van der Waals surface area contributed by atoms with E-state index in [9.17, 15) is 4.79 Å². The highest BCUT2D eigenvalue weighted by Crippen LogP contribution is 2.28. The number of ether oxygens (including phenoxy) is 3. The number of hydrogen-bond acceptors (Lipinski definition) is 5. The lowest BCUT2D eigenvalue weighted by molar-refractivity contribution is -0.124. The number of amides is 1. The van der Waals surface area contributed by atoms with Crippen molar-refractivity contribution in [3.63, 3.8) is 0 Å². The maximum Gasteiger partial charge on any atom is 0.223 e. The Kier molecular flexibility index (Phi) is 8.32. The van der Waals surface area contributed by atoms with E-state index >= 15 is 0 Å². The van der Waals surface area contributed by atoms with E-state index in [1.165, 1.54) is 0 Å². The summed E-state index contributed by atoms with van der Waals surface area (Å²) in [5, 5.41) is 11.4. The molecule has 1 aromatic carbocycles. The summed E-state index contributed by atoms with van der Waals surface area (Å²) < 4.78 is 15.5. The molecule has 0 spiro atoms. The van der Waals surface area contributed by atoms with Crippen LogP contribution >= 0.6 is 0 Å². The first-order chi connectivity index (χ1) is 10.6. The molecule has 0 aromatic heterocycles. The standard InChI is InChI=1S/C16H25NO5/c1-12(16(19)17-6-8-22-9-7-18)10-13-4-5-14(20-2)15(11-13)21-3/h4-5,11-12,18H,6-10H2,1-3H3,(H,17,19). The Balaban J connectivity index is 2.46. The first-order valence-corrected chi connectivity index (χ1v) is 7.29. The summed E-state index contributed by atoms with van der Waals surface area (Å²) in [4.78, 5) is 12.0. The van der Waals surface area contributed by atoms with E-state index in [1.807, 2.05) is 25.1 Å². The van der Waals surface area contributed by atoms with Crippen LogP contribution in [-0.2, 0) is 16.0 Å². The maximum atomic E-state index is 12.0. The monoisotopic (exact) mass is 311 g/mol. The van der Waals surface area contributed by atoms with Crippen LogP contribution in [0.15, 0.2) is 18.2 Å². The first kappa shape index (κ1) is 18.3. The number of rotatable bonds is 10. The van der Waals surface area contributed by atoms with Gasteiger partial charge in [-0.25, -0.2) is 0 Å². The Labute approximate surface area is 131 Å². The minimum Gasteiger partial charge on any atom is -0.493 e. The molecule has 1 rings (SSSR count). The Morgan fingerprint density at radius 3 is 2.59 bits per heavy atom. The van der Waals surface area contributed by atoms with Gasteiger partial charge in [-0.15, -0.1) is 0 Å². The van der Waals surface area contributed by atoms with Gasteiger partial charge in [-0.3, -0.25) is 4.79 Å². The second-order valence-electron chi connectivity index (χ2n) is 4.92. The van der Waals surface area contributed by atoms with Crippen molar-refractivity contribution in [3.05, 3.63) is 23.8 Å². The fraction of sp³-hybridized carbons (Fsp3) is 0.562. The molecule has 0 aliphatic heterocycles. The van der Waals surface area contributed by atoms with E-state index in [-0.39, 0.29) is 25.0 Å². The van der Waals surface area contributed by atoms with Crippen LogP contribution in [0.2, 0.25) is 0 Å². The molecule has 2 N–H and O–H groups in total. The number of benzene rings is 1. The minimum atomic E-state index is -0.157. The van der Waals surface area contributed by atoms with Gasteiger partial charge in [-0.05, 0) is 24.1 Å². The van der Waals surface area contributed by atoms with E-state index in [4.69, 9.17) is 19.3 Å². The number of methoxy groups -OCH3 is 2. The van der Waals surface area contributed by atoms with Crippen molar-refractivity contribution < 1.29 is 24.1 Å². The highest BCUT2D eigenvalue weighted by molar-refractivity contribution is 5.78. The molecule has 1 amide bonds. The zero-order valence-electron chi connectivity index (χ0n) is 13.4. The summed E-state index contributed by atoms with van der Waals surface area (Å²) >= 11 is 0. The largest absolute Gasteiger partial charge is 0.493 e. The molecule has 0 fully saturated rings. The lowest BCUT2D eigenvalue weighted by Crippen LogP contribution is -2.33. The zero-order chi connectivity index (χ0) is 16.4. The number of carbonyl (C=O) groups excluding carboxylic acids is 1. The summed E-state index contributed by atoms with van der Waals surface area (Å²) in [6.07, 6.45) is 0.615. The minimum absolute atomic E-state index is 0.0103. The summed E-state index contributed by atoms with van der Waals surface area (Å²) in [5.74, 6) is 1.15. The summed E-state index contributed by atoms with van der Waals surface area (Å²) in [6.45, 7) is 2.99. The average Bonchev–Trinajstić information content (AvgIpc) is 2.54. The second-order valence-corrected chi connectivity index (χ2v) is 4.92. The molecule has 0 saturated carbocycles. The van der Waals surface area contributed by atoms with Crippen LogP contribution in [0.25, 0.3) is 0 Å². The Bertz CT molecular complexity index is 464. The number of aliphatic hydroxyl groups excluding tert-OH is 1. The van der Waals surface area contributed by atoms with E-state index in [1.54, 1.807) is 14.2 Å². The molecule has 1 aromatic rings. The SMILES string of the molecule is COc1ccc(CC(C)C(=O)NCCOCCO)cc1OC. The van der Waals surface area contributed by atoms with E-state index in [0.29, 0.717) is 31.1 Å². The quantitative estimate of drug-likeness (QED) is 0.631. The highest BCUT2D eigenvalue weighted by Gasteiger charge is 2.14. The van der Waals surface area contributed by atoms with Crippen molar-refractivity contribution >= 4 is 5.91 Å². The van der Waals surface area contributed by atoms with Crippen LogP contribution in [0.3, 0.4) is 0 Å². The van der Waals surface area contributed by atoms with Gasteiger partial charge in [0.25, 0.3) is 0 Å². The Hall–Kier alpha value is -1.79. The molecule has 1 atom stereocenters. The lowest BCUT2D eigenvalue weighted by atomic mass is 10.00. The molecule has 0 aliphatic carbocycles. The normalized spacial score (nSPS) is 11.8. The maximum absolute atomic E-state index is 12.0. The van der Waals surface area contributed by atoms with E-state index in [2.05, 4.69) is 5.32 Å². The second kappa shape index (κ2) is 10.0. The Morgan fingerprint density at radius 1 is 1.23 bits per heavy atom. The average molecular weight is 311 g/mol. The van der Waals surface area contributed by atoms with Gasteiger partial charge in [0.1, 0.15) is 0 Å². The number of aliphatic hydroxyl groups is 1. The van der Waals surface area contributed by atoms with Crippen LogP contribution in [0.4, 0.5) is 0 Å². The van der Waals surface area contributed by atoms with Gasteiger partial charge < -0.3 is 24.6 Å². The third-order valence-electron chi connectivity index (χ3n) is 3.22. The van der Waals surface area contributed by atoms with E-state index in [0.717, 1.165) is 5.56 Å². The predicted molar refractivity (Wildman–Crippen MR) is 83.3 cm³/mol. The third-order valence-corrected chi connectivity index (χ3v) is 3.22. The van der Waals surface area contributed by atoms with Gasteiger partial charge in [0.05, 0.1) is 34.0 Å². The van der Waals surface area contributed by atoms with Gasteiger partial charge in [-0.1, -0.05) is 13.0 Å². The molecular formula is C16H25NO5. The van der Waals surface area contributed by atoms with Crippen LogP contribution in [0.1, 0.15) is 12.5 Å². The van der Waals surface area contributed by atoms with Gasteiger partial charge in [0.2, 0.25) is 5.91 Å². The molecule has 124 valence electrons. The molecule has 0 aliphatic rings. The van der Waals surface area contributed by atoms with Gasteiger partial charge in [-0.2, -0.15) is 0 Å². The van der Waals surface area contributed by atoms with Crippen LogP contribution in [-0.4, -0.2) is 51.6 Å². The third kappa shape index (κ3) is 5.91. The molecule has 0 heterocycles. The molecule has 22 heavy (non-hydrogen) atoms. The Morgan fingerprint density at radius 2 is 1.95 bits per heavy atom. The molecule has 6 heteroatoms. The zero-order valence-corrected chi connectivity index (χ0v) is 13.4. The van der Waals surface area contributed by atoms with Crippen molar-refractivity contribution in [2.24, 2.45) is 5.92 Å². The van der Waals surface area contributed by atoms with Gasteiger partial charge in [0, 0.05) is 12.5 Å². The number of nitrogens with one attached hydrogen (secondary N) is 1. The fourth-order valence-corrected chi connectivity index (χ4v) is 2.04. The van der Waals surface area contributed by atoms with Crippen LogP contribution < -0.4 is 14.8 Å². The molecule has 1 unspecified atom stereocenters. The smallest absolute Gasteiger partial charge is 0.223 e. The van der Waals surface area contributed by atoms with Gasteiger partial charge >= 0.3 is 0 Å². The van der Waals surface area contributed by atoms with E-state index < -0.39 is 0 Å². The van der Waals surface area contributed by atoms with Crippen molar-refractivity contribution in [1.29, 1.82) is 0 Å². The molecule has 6 nitrogen and oxygen atoms in total. The highest BCUT2D eigenvalue weighted by atomic mass is 16.5. The van der Waals surface area contributed by atoms with Crippen molar-refractivity contribution in [1.82, 2.24) is 5.32 Å². The van der Waals surface area contributed by atoms with Gasteiger partial charge in [0.15, 0.2) is 11.5 Å². The van der Waals surface area contributed by atoms with Crippen LogP contribution in [0.5, 0.6) is 11.5 Å². The first-order valence-electron chi connectivity index (χ1n) is 7.29. The number of hydrogen-bond donors (Lipinski definition) is 2. The molecule has 0 bridgehead atoms. The molecule has 0 radical (unpaired) electrons. The summed E-state index contributed by atoms with van der Waals surface area (Å²) in [5.41, 5.74) is 1.01. The lowest BCUT2D eigenvalue weighted by Gasteiger charge is -2.14. The van der Waals surface area contributed by atoms with Crippen molar-refractivity contribution in [2.75, 3.05) is 40.6 Å². The predicted octanol–water partition coefficient (Wildman–Crippen LogP) is 1.01. The fourth-order valence-electron chi connectivity index (χ4n) is 2.04. The summed E-state index contributed by atoms with van der Waals surface area (Å²) in [7, 11) is 3.18. The number of carbonyl (C=O) groups is 1.